The van der Waals surface area contributed by atoms with Crippen LogP contribution in [-0.2, 0) is 9.59 Å². The lowest BCUT2D eigenvalue weighted by atomic mass is 9.86. The van der Waals surface area contributed by atoms with Crippen LogP contribution in [0.1, 0.15) is 27.1 Å². The van der Waals surface area contributed by atoms with Crippen LogP contribution < -0.4 is 5.32 Å². The van der Waals surface area contributed by atoms with Crippen LogP contribution in [0.5, 0.6) is 0 Å². The molecule has 30 heavy (non-hydrogen) atoms. The normalized spacial score (nSPS) is 14.4. The summed E-state index contributed by atoms with van der Waals surface area (Å²) in [6.07, 6.45) is 2.13. The van der Waals surface area contributed by atoms with E-state index in [0.29, 0.717) is 0 Å². The molecule has 0 radical (unpaired) electrons. The van der Waals surface area contributed by atoms with Gasteiger partial charge in [-0.3, -0.25) is 14.4 Å². The van der Waals surface area contributed by atoms with E-state index in [4.69, 9.17) is 0 Å². The van der Waals surface area contributed by atoms with Crippen molar-refractivity contribution in [1.29, 1.82) is 0 Å². The number of hydrogen-bond donors (Lipinski definition) is 2. The van der Waals surface area contributed by atoms with Crippen molar-refractivity contribution in [1.82, 2.24) is 5.32 Å². The molecular formula is C22H15F2NO5. The number of carboxylic acids is 1. The predicted molar refractivity (Wildman–Crippen MR) is 102 cm³/mol. The largest absolute Gasteiger partial charge is 0.479 e. The van der Waals surface area contributed by atoms with Crippen LogP contribution in [-0.4, -0.2) is 34.6 Å². The van der Waals surface area contributed by atoms with Crippen LogP contribution in [0.2, 0.25) is 0 Å². The highest BCUT2D eigenvalue weighted by Crippen LogP contribution is 2.25. The molecule has 1 amide bonds. The molecule has 0 saturated heterocycles. The van der Waals surface area contributed by atoms with Crippen LogP contribution in [0.3, 0.4) is 0 Å². The quantitative estimate of drug-likeness (QED) is 0.712. The van der Waals surface area contributed by atoms with Gasteiger partial charge in [0.15, 0.2) is 17.6 Å². The Morgan fingerprint density at radius 2 is 1.43 bits per heavy atom. The molecule has 152 valence electrons. The Balaban J connectivity index is 1.92. The number of carboxylic acid groups (broad SMARTS) is 1. The predicted octanol–water partition coefficient (Wildman–Crippen LogP) is 2.86. The van der Waals surface area contributed by atoms with Gasteiger partial charge >= 0.3 is 5.97 Å². The third-order valence-corrected chi connectivity index (χ3v) is 4.43. The zero-order valence-corrected chi connectivity index (χ0v) is 15.4. The molecule has 0 saturated carbocycles. The Morgan fingerprint density at radius 1 is 0.900 bits per heavy atom. The molecule has 1 unspecified atom stereocenters. The molecule has 1 atom stereocenters. The zero-order valence-electron chi connectivity index (χ0n) is 15.4. The van der Waals surface area contributed by atoms with E-state index < -0.39 is 41.1 Å². The average molecular weight is 411 g/mol. The molecule has 2 N–H and O–H groups in total. The van der Waals surface area contributed by atoms with Gasteiger partial charge in [0.25, 0.3) is 5.91 Å². The lowest BCUT2D eigenvalue weighted by molar-refractivity contribution is -0.138. The van der Waals surface area contributed by atoms with Crippen molar-refractivity contribution in [2.45, 2.75) is 12.5 Å². The number of amides is 1. The third kappa shape index (κ3) is 4.54. The lowest BCUT2D eigenvalue weighted by Gasteiger charge is -2.22. The molecule has 0 bridgehead atoms. The molecule has 0 aliphatic heterocycles. The first kappa shape index (κ1) is 20.8. The van der Waals surface area contributed by atoms with Crippen LogP contribution >= 0.6 is 0 Å². The van der Waals surface area contributed by atoms with Gasteiger partial charge in [-0.15, -0.1) is 0 Å². The van der Waals surface area contributed by atoms with Gasteiger partial charge in [0.1, 0.15) is 11.6 Å². The number of benzene rings is 2. The van der Waals surface area contributed by atoms with Crippen LogP contribution in [0.25, 0.3) is 0 Å². The van der Waals surface area contributed by atoms with Gasteiger partial charge in [-0.2, -0.15) is 0 Å². The topological polar surface area (TPSA) is 101 Å². The Bertz CT molecular complexity index is 1090. The van der Waals surface area contributed by atoms with Crippen molar-refractivity contribution in [3.05, 3.63) is 94.6 Å². The summed E-state index contributed by atoms with van der Waals surface area (Å²) in [6.45, 7) is 0. The fourth-order valence-corrected chi connectivity index (χ4v) is 2.94. The van der Waals surface area contributed by atoms with E-state index >= 15 is 0 Å². The second-order valence-electron chi connectivity index (χ2n) is 6.48. The summed E-state index contributed by atoms with van der Waals surface area (Å²) in [5, 5.41) is 11.9. The molecule has 2 aromatic rings. The maximum Gasteiger partial charge on any atom is 0.330 e. The number of ketones is 2. The number of hydrogen-bond acceptors (Lipinski definition) is 4. The summed E-state index contributed by atoms with van der Waals surface area (Å²) >= 11 is 0. The first-order valence-electron chi connectivity index (χ1n) is 8.80. The molecule has 1 aliphatic rings. The molecular weight excluding hydrogens is 396 g/mol. The minimum Gasteiger partial charge on any atom is -0.479 e. The fourth-order valence-electron chi connectivity index (χ4n) is 2.94. The van der Waals surface area contributed by atoms with Gasteiger partial charge < -0.3 is 10.4 Å². The third-order valence-electron chi connectivity index (χ3n) is 4.43. The number of carbonyl (C=O) groups is 4. The van der Waals surface area contributed by atoms with Crippen molar-refractivity contribution in [3.63, 3.8) is 0 Å². The Morgan fingerprint density at radius 3 is 1.97 bits per heavy atom. The zero-order chi connectivity index (χ0) is 21.8. The molecule has 0 spiro atoms. The smallest absolute Gasteiger partial charge is 0.330 e. The number of Topliss-reactive ketones (excluding diaryl/α,β-unsaturated/α-hetero) is 1. The lowest BCUT2D eigenvalue weighted by Crippen LogP contribution is -2.43. The first-order valence-corrected chi connectivity index (χ1v) is 8.80. The van der Waals surface area contributed by atoms with E-state index in [1.165, 1.54) is 30.3 Å². The molecule has 6 nitrogen and oxygen atoms in total. The second kappa shape index (κ2) is 8.60. The van der Waals surface area contributed by atoms with Crippen molar-refractivity contribution < 1.29 is 33.1 Å². The first-order chi connectivity index (χ1) is 14.3. The Labute approximate surface area is 169 Å². The van der Waals surface area contributed by atoms with Gasteiger partial charge in [-0.05, 0) is 60.2 Å². The highest BCUT2D eigenvalue weighted by molar-refractivity contribution is 6.17. The standard InChI is InChI=1S/C22H15F2NO5/c23-14-5-1-12(2-6-14)20(27)18-11-16(26)9-10-17(18)19(22(29)30)25-21(28)13-3-7-15(24)8-4-13/h1-8,10-11,19H,9H2,(H,25,28)(H,29,30). The second-order valence-corrected chi connectivity index (χ2v) is 6.48. The van der Waals surface area contributed by atoms with E-state index in [1.807, 2.05) is 0 Å². The number of carbonyl (C=O) groups excluding carboxylic acids is 3. The van der Waals surface area contributed by atoms with Crippen LogP contribution in [0.15, 0.2) is 71.8 Å². The molecule has 2 aromatic carbocycles. The van der Waals surface area contributed by atoms with Gasteiger partial charge in [0, 0.05) is 23.1 Å². The summed E-state index contributed by atoms with van der Waals surface area (Å²) in [7, 11) is 0. The molecule has 0 heterocycles. The summed E-state index contributed by atoms with van der Waals surface area (Å²) in [5.74, 6) is -4.48. The number of nitrogens with one attached hydrogen (secondary N) is 1. The van der Waals surface area contributed by atoms with Crippen LogP contribution in [0, 0.1) is 11.6 Å². The van der Waals surface area contributed by atoms with Crippen molar-refractivity contribution in [2.75, 3.05) is 0 Å². The van der Waals surface area contributed by atoms with Gasteiger partial charge in [-0.25, -0.2) is 13.6 Å². The maximum absolute atomic E-state index is 13.2. The number of allylic oxidation sites excluding steroid dienone is 2. The summed E-state index contributed by atoms with van der Waals surface area (Å²) in [5.41, 5.74) is -0.195. The minimum absolute atomic E-state index is 0.0190. The SMILES string of the molecule is O=C1C=C(C(=O)c2ccc(F)cc2)C(C(NC(=O)c2ccc(F)cc2)C(=O)O)=CC1. The van der Waals surface area contributed by atoms with E-state index in [0.717, 1.165) is 30.3 Å². The van der Waals surface area contributed by atoms with Crippen molar-refractivity contribution >= 4 is 23.4 Å². The number of aliphatic carboxylic acids is 1. The monoisotopic (exact) mass is 411 g/mol. The number of rotatable bonds is 6. The van der Waals surface area contributed by atoms with Crippen LogP contribution in [0.4, 0.5) is 8.78 Å². The van der Waals surface area contributed by atoms with Gasteiger partial charge in [0.05, 0.1) is 0 Å². The highest BCUT2D eigenvalue weighted by Gasteiger charge is 2.32. The van der Waals surface area contributed by atoms with E-state index in [2.05, 4.69) is 5.32 Å². The summed E-state index contributed by atoms with van der Waals surface area (Å²) in [6, 6.07) is 7.38. The van der Waals surface area contributed by atoms with Crippen molar-refractivity contribution in [3.8, 4) is 0 Å². The Hall–Kier alpha value is -3.94. The molecule has 1 aliphatic carbocycles. The van der Waals surface area contributed by atoms with Gasteiger partial charge in [0.2, 0.25) is 0 Å². The molecule has 3 rings (SSSR count). The molecule has 8 heteroatoms. The minimum atomic E-state index is -1.63. The van der Waals surface area contributed by atoms with Gasteiger partial charge in [-0.1, -0.05) is 6.08 Å². The van der Waals surface area contributed by atoms with E-state index in [1.54, 1.807) is 0 Å². The summed E-state index contributed by atoms with van der Waals surface area (Å²) < 4.78 is 26.2. The Kier molecular flexibility index (Phi) is 5.96. The fraction of sp³-hybridized carbons (Fsp3) is 0.0909. The van der Waals surface area contributed by atoms with Crippen molar-refractivity contribution in [2.24, 2.45) is 0 Å². The molecule has 0 fully saturated rings. The maximum atomic E-state index is 13.2. The number of halogens is 2. The van der Waals surface area contributed by atoms with E-state index in [-0.39, 0.29) is 28.7 Å². The van der Waals surface area contributed by atoms with E-state index in [9.17, 15) is 33.1 Å². The summed E-state index contributed by atoms with van der Waals surface area (Å²) in [4.78, 5) is 49.0. The average Bonchev–Trinajstić information content (AvgIpc) is 2.72. The molecule has 0 aromatic heterocycles. The highest BCUT2D eigenvalue weighted by atomic mass is 19.1.